The zero-order valence-electron chi connectivity index (χ0n) is 2.68. The van der Waals surface area contributed by atoms with Crippen LogP contribution in [0.1, 0.15) is 0 Å². The van der Waals surface area contributed by atoms with Gasteiger partial charge in [-0.1, -0.05) is 0 Å². The Morgan fingerprint density at radius 2 is 2.40 bits per heavy atom. The lowest BCUT2D eigenvalue weighted by Gasteiger charge is -1.56. The molecule has 2 nitrogen and oxygen atoms in total. The van der Waals surface area contributed by atoms with E-state index in [0.717, 1.165) is 6.21 Å². The number of hydrogen-bond donors (Lipinski definition) is 1. The fraction of sp³-hybridized carbons (Fsp3) is 0. The van der Waals surface area contributed by atoms with Crippen LogP contribution in [0.5, 0.6) is 0 Å². The summed E-state index contributed by atoms with van der Waals surface area (Å²) in [4.78, 5) is 0. The van der Waals surface area contributed by atoms with Gasteiger partial charge in [0.05, 0.1) is 0 Å². The van der Waals surface area contributed by atoms with Crippen LogP contribution in [0.25, 0.3) is 0 Å². The molecule has 0 saturated carbocycles. The normalized spacial score (nSPS) is 9.00. The third-order valence-corrected chi connectivity index (χ3v) is 0.333. The first kappa shape index (κ1) is 4.77. The van der Waals surface area contributed by atoms with E-state index in [1.54, 1.807) is 0 Å². The molecule has 0 saturated heterocycles. The van der Waals surface area contributed by atoms with Crippen molar-refractivity contribution in [2.45, 2.75) is 0 Å². The molecule has 0 amide bonds. The maximum atomic E-state index is 6.32. The Bertz CT molecular complexity index is 49.6. The largest absolute Gasteiger partial charge is 0.307 e. The second kappa shape index (κ2) is 3.77. The Hall–Kier alpha value is -0.230. The first-order chi connectivity index (χ1) is 2.41. The molecule has 0 aromatic heterocycles. The van der Waals surface area contributed by atoms with Gasteiger partial charge >= 0.3 is 0 Å². The number of rotatable bonds is 1. The van der Waals surface area contributed by atoms with E-state index < -0.39 is 0 Å². The van der Waals surface area contributed by atoms with Gasteiger partial charge in [0.1, 0.15) is 0 Å². The molecule has 0 heterocycles. The second-order valence-electron chi connectivity index (χ2n) is 0.465. The van der Waals surface area contributed by atoms with Crippen molar-refractivity contribution < 1.29 is 0 Å². The standard InChI is InChI=1S/C2H5N2P/c3-1-2-4-5/h1-3H,5H2. The van der Waals surface area contributed by atoms with Crippen LogP contribution in [0.2, 0.25) is 0 Å². The summed E-state index contributed by atoms with van der Waals surface area (Å²) >= 11 is 0. The topological polar surface area (TPSA) is 36.2 Å². The van der Waals surface area contributed by atoms with Gasteiger partial charge in [0, 0.05) is 12.4 Å². The van der Waals surface area contributed by atoms with Gasteiger partial charge in [0.25, 0.3) is 0 Å². The van der Waals surface area contributed by atoms with Crippen molar-refractivity contribution in [2.75, 3.05) is 0 Å². The summed E-state index contributed by atoms with van der Waals surface area (Å²) in [7, 11) is 2.12. The Kier molecular flexibility index (Phi) is 3.60. The molecule has 1 N–H and O–H groups in total. The van der Waals surface area contributed by atoms with Gasteiger partial charge in [0.15, 0.2) is 0 Å². The summed E-state index contributed by atoms with van der Waals surface area (Å²) < 4.78 is 3.40. The first-order valence-electron chi connectivity index (χ1n) is 1.14. The third kappa shape index (κ3) is 3.77. The average molecular weight is 88.1 g/mol. The molecular weight excluding hydrogens is 83.0 g/mol. The van der Waals surface area contributed by atoms with Gasteiger partial charge in [-0.3, -0.25) is 4.76 Å². The van der Waals surface area contributed by atoms with Crippen LogP contribution in [-0.2, 0) is 0 Å². The molecular formula is C2H5N2P. The summed E-state index contributed by atoms with van der Waals surface area (Å²) in [5, 5.41) is 6.32. The molecule has 28 valence electrons. The van der Waals surface area contributed by atoms with Gasteiger partial charge in [-0.25, -0.2) is 0 Å². The molecule has 0 aromatic rings. The smallest absolute Gasteiger partial charge is 0.0426 e. The lowest BCUT2D eigenvalue weighted by Crippen LogP contribution is -1.61. The molecule has 0 aliphatic rings. The van der Waals surface area contributed by atoms with Gasteiger partial charge in [-0.05, 0) is 9.39 Å². The minimum absolute atomic E-state index is 1.12. The van der Waals surface area contributed by atoms with Crippen molar-refractivity contribution in [3.63, 3.8) is 0 Å². The van der Waals surface area contributed by atoms with E-state index in [9.17, 15) is 0 Å². The van der Waals surface area contributed by atoms with E-state index in [-0.39, 0.29) is 0 Å². The van der Waals surface area contributed by atoms with E-state index >= 15 is 0 Å². The summed E-state index contributed by atoms with van der Waals surface area (Å²) in [6.07, 6.45) is 2.50. The van der Waals surface area contributed by atoms with Crippen molar-refractivity contribution in [3.8, 4) is 0 Å². The Morgan fingerprint density at radius 1 is 1.80 bits per heavy atom. The highest BCUT2D eigenvalue weighted by Gasteiger charge is 1.44. The quantitative estimate of drug-likeness (QED) is 0.358. The molecule has 0 fully saturated rings. The predicted molar refractivity (Wildman–Crippen MR) is 27.0 cm³/mol. The molecule has 0 radical (unpaired) electrons. The molecule has 0 aromatic carbocycles. The van der Waals surface area contributed by atoms with Crippen LogP contribution in [0, 0.1) is 5.41 Å². The van der Waals surface area contributed by atoms with Crippen molar-refractivity contribution in [1.29, 1.82) is 5.41 Å². The van der Waals surface area contributed by atoms with Crippen LogP contribution < -0.4 is 0 Å². The van der Waals surface area contributed by atoms with E-state index in [2.05, 4.69) is 14.2 Å². The fourth-order valence-corrected chi connectivity index (χ4v) is 0.129. The summed E-state index contributed by atoms with van der Waals surface area (Å²) in [5.41, 5.74) is 0. The van der Waals surface area contributed by atoms with Crippen LogP contribution in [-0.4, -0.2) is 12.4 Å². The molecule has 3 heteroatoms. The fourth-order valence-electron chi connectivity index (χ4n) is 0.0430. The number of nitrogens with zero attached hydrogens (tertiary/aromatic N) is 1. The summed E-state index contributed by atoms with van der Waals surface area (Å²) in [6, 6.07) is 0. The minimum atomic E-state index is 1.12. The van der Waals surface area contributed by atoms with E-state index in [1.807, 2.05) is 0 Å². The summed E-state index contributed by atoms with van der Waals surface area (Å²) in [5.74, 6) is 0. The van der Waals surface area contributed by atoms with E-state index in [4.69, 9.17) is 5.41 Å². The lowest BCUT2D eigenvalue weighted by atomic mass is 10.9. The zero-order valence-corrected chi connectivity index (χ0v) is 3.83. The first-order valence-corrected chi connectivity index (χ1v) is 1.65. The van der Waals surface area contributed by atoms with Gasteiger partial charge in [-0.15, -0.1) is 0 Å². The Labute approximate surface area is 33.1 Å². The van der Waals surface area contributed by atoms with Gasteiger partial charge in [-0.2, -0.15) is 0 Å². The van der Waals surface area contributed by atoms with Crippen molar-refractivity contribution in [3.05, 3.63) is 0 Å². The number of nitrogens with one attached hydrogen (secondary N) is 1. The molecule has 0 aliphatic carbocycles. The highest BCUT2D eigenvalue weighted by molar-refractivity contribution is 7.15. The maximum absolute atomic E-state index is 6.32. The molecule has 1 atom stereocenters. The molecule has 1 unspecified atom stereocenters. The van der Waals surface area contributed by atoms with Crippen LogP contribution in [0.4, 0.5) is 0 Å². The molecule has 0 bridgehead atoms. The maximum Gasteiger partial charge on any atom is 0.0426 e. The predicted octanol–water partition coefficient (Wildman–Crippen LogP) is 0.497. The van der Waals surface area contributed by atoms with Crippen molar-refractivity contribution in [2.24, 2.45) is 4.76 Å². The average Bonchev–Trinajstić information content (AvgIpc) is 1.41. The van der Waals surface area contributed by atoms with Crippen molar-refractivity contribution in [1.82, 2.24) is 0 Å². The second-order valence-corrected chi connectivity index (χ2v) is 0.763. The lowest BCUT2D eigenvalue weighted by molar-refractivity contribution is 1.59. The monoisotopic (exact) mass is 88.0 g/mol. The highest BCUT2D eigenvalue weighted by Crippen LogP contribution is 1.72. The summed E-state index contributed by atoms with van der Waals surface area (Å²) in [6.45, 7) is 0. The van der Waals surface area contributed by atoms with Gasteiger partial charge < -0.3 is 5.41 Å². The molecule has 0 rings (SSSR count). The SMILES string of the molecule is N=CC=NP. The zero-order chi connectivity index (χ0) is 4.12. The van der Waals surface area contributed by atoms with Crippen LogP contribution >= 0.6 is 9.39 Å². The Morgan fingerprint density at radius 3 is 2.40 bits per heavy atom. The van der Waals surface area contributed by atoms with Crippen molar-refractivity contribution >= 4 is 21.8 Å². The molecule has 0 aliphatic heterocycles. The number of hydrogen-bond acceptors (Lipinski definition) is 2. The van der Waals surface area contributed by atoms with Crippen LogP contribution in [0.15, 0.2) is 4.76 Å². The van der Waals surface area contributed by atoms with Gasteiger partial charge in [0.2, 0.25) is 0 Å². The Balaban J connectivity index is 2.92. The highest BCUT2D eigenvalue weighted by atomic mass is 31.0. The molecule has 0 spiro atoms. The minimum Gasteiger partial charge on any atom is -0.307 e. The van der Waals surface area contributed by atoms with E-state index in [0.29, 0.717) is 0 Å². The van der Waals surface area contributed by atoms with Crippen LogP contribution in [0.3, 0.4) is 0 Å². The molecule has 5 heavy (non-hydrogen) atoms. The van der Waals surface area contributed by atoms with E-state index in [1.165, 1.54) is 6.21 Å². The third-order valence-electron chi connectivity index (χ3n) is 0.161.